The first-order valence-corrected chi connectivity index (χ1v) is 15.8. The van der Waals surface area contributed by atoms with E-state index < -0.39 is 20.3 Å². The average Bonchev–Trinajstić information content (AvgIpc) is 3.21. The molecule has 23 heavy (non-hydrogen) atoms. The van der Waals surface area contributed by atoms with Crippen molar-refractivity contribution in [1.82, 2.24) is 0 Å². The van der Waals surface area contributed by atoms with Crippen LogP contribution in [0.25, 0.3) is 11.1 Å². The van der Waals surface area contributed by atoms with Gasteiger partial charge in [-0.2, -0.15) is 0 Å². The SMILES string of the molecule is COc1cccc2c1-c1ccccc1[CH]2[Zr]([CH3])([CH3])[C]1=CC=CC1. The van der Waals surface area contributed by atoms with Crippen LogP contribution in [-0.2, 0) is 20.3 Å². The van der Waals surface area contributed by atoms with Crippen LogP contribution >= 0.6 is 0 Å². The van der Waals surface area contributed by atoms with Crippen LogP contribution in [0.3, 0.4) is 0 Å². The Labute approximate surface area is 143 Å². The number of ether oxygens (including phenoxy) is 1. The molecule has 2 aromatic carbocycles. The molecule has 0 N–H and O–H groups in total. The van der Waals surface area contributed by atoms with Crippen molar-refractivity contribution in [3.8, 4) is 16.9 Å². The van der Waals surface area contributed by atoms with E-state index in [9.17, 15) is 0 Å². The van der Waals surface area contributed by atoms with Crippen LogP contribution in [0.1, 0.15) is 21.2 Å². The Kier molecular flexibility index (Phi) is 3.69. The van der Waals surface area contributed by atoms with Gasteiger partial charge < -0.3 is 0 Å². The molecule has 4 rings (SSSR count). The number of hydrogen-bond donors (Lipinski definition) is 0. The van der Waals surface area contributed by atoms with Crippen molar-refractivity contribution in [1.29, 1.82) is 0 Å². The summed E-state index contributed by atoms with van der Waals surface area (Å²) in [6, 6.07) is 15.5. The third-order valence-corrected chi connectivity index (χ3v) is 15.5. The topological polar surface area (TPSA) is 9.23 Å². The standard InChI is InChI=1S/C14H11O.C5H5.2CH3.Zr/c1-15-13-8-4-6-11-9-10-5-2-3-7-12(10)14(11)13;1-2-4-5-3-1;;;/h2-9H,1H3;1-3H,4H2;2*1H3;. The van der Waals surface area contributed by atoms with Crippen LogP contribution < -0.4 is 4.74 Å². The minimum absolute atomic E-state index is 0.580. The molecule has 0 aromatic heterocycles. The van der Waals surface area contributed by atoms with Gasteiger partial charge in [0.05, 0.1) is 0 Å². The van der Waals surface area contributed by atoms with E-state index in [1.54, 1.807) is 10.4 Å². The molecule has 2 aromatic rings. The number of hydrogen-bond acceptors (Lipinski definition) is 1. The fourth-order valence-electron chi connectivity index (χ4n) is 4.28. The molecule has 1 nitrogen and oxygen atoms in total. The Balaban J connectivity index is 1.96. The molecule has 0 heterocycles. The van der Waals surface area contributed by atoms with Crippen LogP contribution in [0.4, 0.5) is 0 Å². The molecule has 0 aliphatic heterocycles. The third kappa shape index (κ3) is 2.23. The summed E-state index contributed by atoms with van der Waals surface area (Å²) >= 11 is -2.51. The first-order valence-electron chi connectivity index (χ1n) is 8.27. The summed E-state index contributed by atoms with van der Waals surface area (Å²) < 4.78 is 13.2. The van der Waals surface area contributed by atoms with Crippen molar-refractivity contribution in [2.24, 2.45) is 0 Å². The van der Waals surface area contributed by atoms with E-state index in [1.807, 2.05) is 0 Å². The van der Waals surface area contributed by atoms with E-state index in [0.717, 1.165) is 12.2 Å². The predicted molar refractivity (Wildman–Crippen MR) is 93.8 cm³/mol. The van der Waals surface area contributed by atoms with Gasteiger partial charge in [0, 0.05) is 0 Å². The predicted octanol–water partition coefficient (Wildman–Crippen LogP) is 5.86. The van der Waals surface area contributed by atoms with Crippen molar-refractivity contribution in [3.05, 3.63) is 75.1 Å². The van der Waals surface area contributed by atoms with Crippen LogP contribution in [0.15, 0.2) is 64.0 Å². The second-order valence-corrected chi connectivity index (χ2v) is 18.5. The fourth-order valence-corrected chi connectivity index (χ4v) is 13.1. The molecular weight excluding hydrogens is 359 g/mol. The zero-order valence-electron chi connectivity index (χ0n) is 14.0. The van der Waals surface area contributed by atoms with Gasteiger partial charge >= 0.3 is 143 Å². The quantitative estimate of drug-likeness (QED) is 0.647. The van der Waals surface area contributed by atoms with E-state index in [1.165, 1.54) is 22.3 Å². The second kappa shape index (κ2) is 5.60. The Morgan fingerprint density at radius 3 is 2.52 bits per heavy atom. The molecule has 0 radical (unpaired) electrons. The fraction of sp³-hybridized carbons (Fsp3) is 0.238. The summed E-state index contributed by atoms with van der Waals surface area (Å²) in [7, 11) is 1.78. The van der Waals surface area contributed by atoms with Gasteiger partial charge in [0.25, 0.3) is 0 Å². The second-order valence-electron chi connectivity index (χ2n) is 6.99. The van der Waals surface area contributed by atoms with Crippen LogP contribution in [0, 0.1) is 0 Å². The molecule has 1 atom stereocenters. The maximum absolute atomic E-state index is 5.70. The maximum atomic E-state index is 5.70. The van der Waals surface area contributed by atoms with Gasteiger partial charge in [-0.3, -0.25) is 0 Å². The molecule has 2 heteroatoms. The summed E-state index contributed by atoms with van der Waals surface area (Å²) in [4.78, 5) is 0. The Bertz CT molecular complexity index is 829. The molecule has 1 unspecified atom stereocenters. The molecule has 0 fully saturated rings. The molecule has 0 bridgehead atoms. The van der Waals surface area contributed by atoms with Gasteiger partial charge in [-0.1, -0.05) is 0 Å². The van der Waals surface area contributed by atoms with Gasteiger partial charge in [0.1, 0.15) is 0 Å². The summed E-state index contributed by atoms with van der Waals surface area (Å²) in [5, 5.41) is 0. The van der Waals surface area contributed by atoms with E-state index >= 15 is 0 Å². The molecule has 0 spiro atoms. The van der Waals surface area contributed by atoms with E-state index in [4.69, 9.17) is 4.74 Å². The van der Waals surface area contributed by atoms with Crippen molar-refractivity contribution in [2.45, 2.75) is 19.3 Å². The summed E-state index contributed by atoms with van der Waals surface area (Å²) in [5.74, 6) is 1.01. The number of methoxy groups -OCH3 is 1. The molecule has 2 aliphatic rings. The van der Waals surface area contributed by atoms with E-state index in [2.05, 4.69) is 70.0 Å². The Morgan fingerprint density at radius 2 is 1.78 bits per heavy atom. The zero-order chi connectivity index (χ0) is 16.0. The number of allylic oxidation sites excluding steroid dienone is 4. The first-order chi connectivity index (χ1) is 11.1. The first kappa shape index (κ1) is 15.1. The molecule has 0 amide bonds. The van der Waals surface area contributed by atoms with Crippen molar-refractivity contribution >= 4 is 0 Å². The summed E-state index contributed by atoms with van der Waals surface area (Å²) in [6.07, 6.45) is 8.08. The number of fused-ring (bicyclic) bond motifs is 3. The number of benzene rings is 2. The Hall–Kier alpha value is -1.40. The zero-order valence-corrected chi connectivity index (χ0v) is 16.4. The minimum atomic E-state index is -2.51. The molecule has 0 saturated carbocycles. The molecular formula is C21H22OZr. The molecule has 0 saturated heterocycles. The Morgan fingerprint density at radius 1 is 1.00 bits per heavy atom. The number of rotatable bonds is 3. The van der Waals surface area contributed by atoms with E-state index in [0.29, 0.717) is 3.63 Å². The summed E-state index contributed by atoms with van der Waals surface area (Å²) in [5.41, 5.74) is 5.70. The van der Waals surface area contributed by atoms with Crippen LogP contribution in [-0.4, -0.2) is 7.11 Å². The van der Waals surface area contributed by atoms with Crippen LogP contribution in [0.2, 0.25) is 9.26 Å². The molecule has 2 aliphatic carbocycles. The van der Waals surface area contributed by atoms with Crippen molar-refractivity contribution < 1.29 is 25.0 Å². The van der Waals surface area contributed by atoms with Crippen molar-refractivity contribution in [2.75, 3.05) is 7.11 Å². The monoisotopic (exact) mass is 380 g/mol. The molecule has 116 valence electrons. The van der Waals surface area contributed by atoms with Gasteiger partial charge in [-0.05, 0) is 0 Å². The normalized spacial score (nSPS) is 18.6. The van der Waals surface area contributed by atoms with Crippen LogP contribution in [0.5, 0.6) is 5.75 Å². The third-order valence-electron chi connectivity index (χ3n) is 5.45. The van der Waals surface area contributed by atoms with Gasteiger partial charge in [-0.15, -0.1) is 0 Å². The summed E-state index contributed by atoms with van der Waals surface area (Å²) in [6.45, 7) is 0. The van der Waals surface area contributed by atoms with Gasteiger partial charge in [0.2, 0.25) is 0 Å². The van der Waals surface area contributed by atoms with Gasteiger partial charge in [-0.25, -0.2) is 0 Å². The van der Waals surface area contributed by atoms with Crippen molar-refractivity contribution in [3.63, 3.8) is 0 Å². The average molecular weight is 382 g/mol. The van der Waals surface area contributed by atoms with E-state index in [-0.39, 0.29) is 0 Å². The van der Waals surface area contributed by atoms with Gasteiger partial charge in [0.15, 0.2) is 0 Å².